The van der Waals surface area contributed by atoms with Crippen molar-refractivity contribution in [3.8, 4) is 0 Å². The molecule has 0 spiro atoms. The van der Waals surface area contributed by atoms with Crippen LogP contribution < -0.4 is 8.87 Å². The van der Waals surface area contributed by atoms with Gasteiger partial charge in [0.05, 0.1) is 0 Å². The van der Waals surface area contributed by atoms with Crippen LogP contribution in [0.25, 0.3) is 0 Å². The van der Waals surface area contributed by atoms with Crippen LogP contribution in [0.3, 0.4) is 0 Å². The van der Waals surface area contributed by atoms with E-state index < -0.39 is 13.5 Å². The van der Waals surface area contributed by atoms with Crippen molar-refractivity contribution < 1.29 is 3.97 Å². The summed E-state index contributed by atoms with van der Waals surface area (Å²) in [4.78, 5) is 2.11. The molecule has 0 fully saturated rings. The average molecular weight is 259 g/mol. The standard InChI is InChI=1S/C9H16AsN2S/c1-10(2)13-12-7-5-9(6-8-12)11(3)4/h5-8H,1-4H3/q+1. The summed E-state index contributed by atoms with van der Waals surface area (Å²) >= 11 is -0.631. The summed E-state index contributed by atoms with van der Waals surface area (Å²) in [6.07, 6.45) is 4.27. The summed E-state index contributed by atoms with van der Waals surface area (Å²) in [5.74, 6) is 0. The first-order valence-electron chi connectivity index (χ1n) is 4.14. The van der Waals surface area contributed by atoms with Crippen molar-refractivity contribution in [2.24, 2.45) is 0 Å². The zero-order valence-corrected chi connectivity index (χ0v) is 11.3. The van der Waals surface area contributed by atoms with Gasteiger partial charge in [0, 0.05) is 0 Å². The molecule has 0 radical (unpaired) electrons. The van der Waals surface area contributed by atoms with Crippen LogP contribution in [0.15, 0.2) is 24.5 Å². The van der Waals surface area contributed by atoms with Crippen LogP contribution in [0.1, 0.15) is 0 Å². The molecule has 0 amide bonds. The summed E-state index contributed by atoms with van der Waals surface area (Å²) in [6.45, 7) is 0. The van der Waals surface area contributed by atoms with Crippen molar-refractivity contribution in [1.82, 2.24) is 0 Å². The second kappa shape index (κ2) is 4.92. The Morgan fingerprint density at radius 2 is 1.77 bits per heavy atom. The number of aromatic nitrogens is 1. The van der Waals surface area contributed by atoms with Gasteiger partial charge in [-0.25, -0.2) is 0 Å². The molecule has 13 heavy (non-hydrogen) atoms. The minimum absolute atomic E-state index is 0.631. The molecule has 4 heteroatoms. The molecule has 0 aliphatic carbocycles. The van der Waals surface area contributed by atoms with Crippen LogP contribution in [-0.2, 0) is 0 Å². The molecule has 0 saturated carbocycles. The third-order valence-electron chi connectivity index (χ3n) is 1.56. The summed E-state index contributed by atoms with van der Waals surface area (Å²) in [6, 6.07) is 4.29. The van der Waals surface area contributed by atoms with E-state index in [9.17, 15) is 0 Å². The Kier molecular flexibility index (Phi) is 4.14. The summed E-state index contributed by atoms with van der Waals surface area (Å²) in [5, 5.41) is 0. The number of hydrogen-bond donors (Lipinski definition) is 0. The maximum atomic E-state index is 2.34. The normalized spacial score (nSPS) is 10.5. The number of pyridine rings is 1. The van der Waals surface area contributed by atoms with Gasteiger partial charge in [0.15, 0.2) is 0 Å². The fraction of sp³-hybridized carbons (Fsp3) is 0.444. The van der Waals surface area contributed by atoms with E-state index >= 15 is 0 Å². The minimum atomic E-state index is -0.631. The van der Waals surface area contributed by atoms with Gasteiger partial charge in [-0.3, -0.25) is 0 Å². The Labute approximate surface area is 88.3 Å². The van der Waals surface area contributed by atoms with Gasteiger partial charge in [-0.2, -0.15) is 0 Å². The van der Waals surface area contributed by atoms with E-state index in [1.54, 1.807) is 0 Å². The molecule has 0 unspecified atom stereocenters. The fourth-order valence-electron chi connectivity index (χ4n) is 0.946. The summed E-state index contributed by atoms with van der Waals surface area (Å²) in [7, 11) is 6.08. The predicted octanol–water partition coefficient (Wildman–Crippen LogP) is 1.79. The molecule has 1 aromatic heterocycles. The third kappa shape index (κ3) is 3.61. The van der Waals surface area contributed by atoms with E-state index in [0.29, 0.717) is 0 Å². The Morgan fingerprint density at radius 1 is 1.23 bits per heavy atom. The molecule has 1 heterocycles. The first-order chi connectivity index (χ1) is 6.09. The zero-order chi connectivity index (χ0) is 9.84. The van der Waals surface area contributed by atoms with Crippen molar-refractivity contribution in [2.75, 3.05) is 19.0 Å². The molecule has 2 nitrogen and oxygen atoms in total. The molecule has 1 rings (SSSR count). The molecular formula is C9H16AsN2S+. The van der Waals surface area contributed by atoms with Gasteiger partial charge in [0.1, 0.15) is 0 Å². The molecule has 72 valence electrons. The first-order valence-corrected chi connectivity index (χ1v) is 10.9. The average Bonchev–Trinajstić information content (AvgIpc) is 2.04. The van der Waals surface area contributed by atoms with Crippen molar-refractivity contribution in [1.29, 1.82) is 0 Å². The van der Waals surface area contributed by atoms with E-state index in [-0.39, 0.29) is 0 Å². The topological polar surface area (TPSA) is 7.12 Å². The number of rotatable bonds is 3. The van der Waals surface area contributed by atoms with Crippen LogP contribution >= 0.6 is 10.2 Å². The maximum absolute atomic E-state index is 2.34. The van der Waals surface area contributed by atoms with E-state index in [4.69, 9.17) is 0 Å². The number of anilines is 1. The van der Waals surface area contributed by atoms with E-state index in [1.807, 2.05) is 10.2 Å². The zero-order valence-electron chi connectivity index (χ0n) is 8.56. The fourth-order valence-corrected chi connectivity index (χ4v) is 4.61. The van der Waals surface area contributed by atoms with E-state index in [0.717, 1.165) is 0 Å². The molecule has 0 aromatic carbocycles. The molecule has 0 aliphatic rings. The second-order valence-corrected chi connectivity index (χ2v) is 12.0. The molecule has 0 atom stereocenters. The Bertz CT molecular complexity index is 259. The second-order valence-electron chi connectivity index (χ2n) is 3.20. The van der Waals surface area contributed by atoms with Gasteiger partial charge in [-0.05, 0) is 0 Å². The molecule has 1 aromatic rings. The van der Waals surface area contributed by atoms with Crippen LogP contribution in [0.2, 0.25) is 11.4 Å². The van der Waals surface area contributed by atoms with Crippen molar-refractivity contribution >= 4 is 29.4 Å². The molecule has 0 N–H and O–H groups in total. The molecule has 0 aliphatic heterocycles. The van der Waals surface area contributed by atoms with Crippen LogP contribution in [0.5, 0.6) is 0 Å². The Balaban J connectivity index is 2.70. The third-order valence-corrected chi connectivity index (χ3v) is 5.56. The molecule has 0 saturated heterocycles. The predicted molar refractivity (Wildman–Crippen MR) is 61.4 cm³/mol. The van der Waals surface area contributed by atoms with Gasteiger partial charge in [-0.15, -0.1) is 0 Å². The van der Waals surface area contributed by atoms with Gasteiger partial charge in [-0.1, -0.05) is 0 Å². The molecular weight excluding hydrogens is 243 g/mol. The SMILES string of the molecule is CN(C)c1cc[n+](S[As](C)C)cc1. The Hall–Kier alpha value is -0.142. The summed E-state index contributed by atoms with van der Waals surface area (Å²) < 4.78 is 2.20. The van der Waals surface area contributed by atoms with E-state index in [1.165, 1.54) is 5.69 Å². The van der Waals surface area contributed by atoms with E-state index in [2.05, 4.69) is 58.9 Å². The van der Waals surface area contributed by atoms with Crippen molar-refractivity contribution in [3.05, 3.63) is 24.5 Å². The number of nitrogens with zero attached hydrogens (tertiary/aromatic N) is 2. The van der Waals surface area contributed by atoms with Gasteiger partial charge in [0.25, 0.3) is 0 Å². The van der Waals surface area contributed by atoms with Gasteiger partial charge in [0.2, 0.25) is 0 Å². The molecule has 0 bridgehead atoms. The van der Waals surface area contributed by atoms with Crippen molar-refractivity contribution in [3.63, 3.8) is 0 Å². The quantitative estimate of drug-likeness (QED) is 0.603. The monoisotopic (exact) mass is 259 g/mol. The van der Waals surface area contributed by atoms with Crippen LogP contribution in [0, 0.1) is 0 Å². The van der Waals surface area contributed by atoms with Gasteiger partial charge >= 0.3 is 88.3 Å². The number of hydrogen-bond acceptors (Lipinski definition) is 2. The van der Waals surface area contributed by atoms with Crippen molar-refractivity contribution in [2.45, 2.75) is 11.4 Å². The summed E-state index contributed by atoms with van der Waals surface area (Å²) in [5.41, 5.74) is 5.93. The van der Waals surface area contributed by atoms with Gasteiger partial charge < -0.3 is 0 Å². The van der Waals surface area contributed by atoms with Crippen LogP contribution in [0.4, 0.5) is 5.69 Å². The first kappa shape index (κ1) is 10.9. The Morgan fingerprint density at radius 3 is 2.15 bits per heavy atom. The van der Waals surface area contributed by atoms with Crippen LogP contribution in [-0.4, -0.2) is 27.6 Å².